The smallest absolute Gasteiger partial charge is 0.285 e. The molecule has 0 spiro atoms. The zero-order valence-corrected chi connectivity index (χ0v) is 18.4. The molecule has 1 fully saturated rings. The van der Waals surface area contributed by atoms with Crippen molar-refractivity contribution in [2.45, 2.75) is 36.1 Å². The molecule has 32 heavy (non-hydrogen) atoms. The number of alkyl halides is 3. The summed E-state index contributed by atoms with van der Waals surface area (Å²) in [5.74, 6) is -0.0603. The van der Waals surface area contributed by atoms with Gasteiger partial charge in [0.2, 0.25) is 10.0 Å². The lowest BCUT2D eigenvalue weighted by Crippen LogP contribution is -2.38. The van der Waals surface area contributed by atoms with Crippen LogP contribution in [0.5, 0.6) is 0 Å². The van der Waals surface area contributed by atoms with Gasteiger partial charge in [-0.1, -0.05) is 6.08 Å². The number of halogens is 3. The summed E-state index contributed by atoms with van der Waals surface area (Å²) in [7, 11) is -4.10. The SMILES string of the molecule is N=C(SC(=N)C(F)F)c1ncc2c(C3=CCNCC3)cc(S(=O)(=O)NC3(CF)CC3)cn12.[HH].[HH]. The Morgan fingerprint density at radius 1 is 1.41 bits per heavy atom. The molecule has 1 aliphatic carbocycles. The molecule has 2 aliphatic rings. The van der Waals surface area contributed by atoms with Crippen molar-refractivity contribution >= 4 is 43.0 Å². The van der Waals surface area contributed by atoms with Crippen molar-refractivity contribution in [3.63, 3.8) is 0 Å². The Labute approximate surface area is 189 Å². The second-order valence-corrected chi connectivity index (χ2v) is 10.5. The van der Waals surface area contributed by atoms with Gasteiger partial charge in [0.05, 0.1) is 22.1 Å². The molecular weight excluding hydrogens is 465 g/mol. The van der Waals surface area contributed by atoms with Gasteiger partial charge >= 0.3 is 0 Å². The van der Waals surface area contributed by atoms with E-state index in [1.807, 2.05) is 6.08 Å². The standard InChI is InChI=1S/C19H21F3N6O2S2.2H2/c20-10-19(3-4-19)27-32(29,30)12-7-13(11-1-5-25-6-2-11)14-8-26-18(28(14)9-12)17(24)31-16(23)15(21)22;;/h1,7-9,15,23-25,27H,2-6,10H2;2*1H. The highest BCUT2D eigenvalue weighted by atomic mass is 32.2. The van der Waals surface area contributed by atoms with Crippen LogP contribution >= 0.6 is 11.8 Å². The van der Waals surface area contributed by atoms with Gasteiger partial charge < -0.3 is 5.32 Å². The van der Waals surface area contributed by atoms with E-state index >= 15 is 0 Å². The summed E-state index contributed by atoms with van der Waals surface area (Å²) in [5.41, 5.74) is 0.880. The maximum atomic E-state index is 13.3. The van der Waals surface area contributed by atoms with Crippen LogP contribution in [0, 0.1) is 10.8 Å². The first-order chi connectivity index (χ1) is 15.2. The number of nitrogens with zero attached hydrogens (tertiary/aromatic N) is 2. The van der Waals surface area contributed by atoms with Crippen molar-refractivity contribution in [2.24, 2.45) is 0 Å². The van der Waals surface area contributed by atoms with Crippen molar-refractivity contribution in [2.75, 3.05) is 19.8 Å². The second kappa shape index (κ2) is 8.61. The van der Waals surface area contributed by atoms with Gasteiger partial charge in [0, 0.05) is 21.2 Å². The van der Waals surface area contributed by atoms with E-state index in [0.29, 0.717) is 43.4 Å². The fourth-order valence-corrected chi connectivity index (χ4v) is 5.48. The molecule has 4 N–H and O–H groups in total. The average molecular weight is 491 g/mol. The third-order valence-corrected chi connectivity index (χ3v) is 7.74. The van der Waals surface area contributed by atoms with Crippen molar-refractivity contribution < 1.29 is 24.4 Å². The average Bonchev–Trinajstić information content (AvgIpc) is 3.39. The highest BCUT2D eigenvalue weighted by Crippen LogP contribution is 2.38. The molecular formula is C19H25F3N6O2S2. The Bertz CT molecular complexity index is 1230. The first-order valence-corrected chi connectivity index (χ1v) is 12.1. The number of rotatable bonds is 7. The Kier molecular flexibility index (Phi) is 6.18. The summed E-state index contributed by atoms with van der Waals surface area (Å²) in [4.78, 5) is 4.01. The van der Waals surface area contributed by atoms with Crippen LogP contribution in [0.4, 0.5) is 13.2 Å². The quantitative estimate of drug-likeness (QED) is 0.350. The van der Waals surface area contributed by atoms with Crippen LogP contribution in [0.3, 0.4) is 0 Å². The third kappa shape index (κ3) is 4.47. The van der Waals surface area contributed by atoms with Crippen LogP contribution in [0.25, 0.3) is 11.1 Å². The highest BCUT2D eigenvalue weighted by molar-refractivity contribution is 8.26. The Morgan fingerprint density at radius 2 is 2.16 bits per heavy atom. The minimum atomic E-state index is -4.10. The number of nitrogens with one attached hydrogen (secondary N) is 4. The molecule has 3 heterocycles. The lowest BCUT2D eigenvalue weighted by Gasteiger charge is -2.18. The fraction of sp³-hybridized carbons (Fsp3) is 0.421. The monoisotopic (exact) mass is 490 g/mol. The third-order valence-electron chi connectivity index (χ3n) is 5.41. The van der Waals surface area contributed by atoms with E-state index < -0.39 is 38.7 Å². The minimum absolute atomic E-state index is 0. The van der Waals surface area contributed by atoms with E-state index in [0.717, 1.165) is 5.57 Å². The predicted molar refractivity (Wildman–Crippen MR) is 121 cm³/mol. The zero-order valence-electron chi connectivity index (χ0n) is 16.8. The van der Waals surface area contributed by atoms with E-state index in [4.69, 9.17) is 10.8 Å². The van der Waals surface area contributed by atoms with Gasteiger partial charge in [-0.15, -0.1) is 0 Å². The largest absolute Gasteiger partial charge is 0.313 e. The lowest BCUT2D eigenvalue weighted by molar-refractivity contribution is 0.228. The highest BCUT2D eigenvalue weighted by Gasteiger charge is 2.46. The number of pyridine rings is 1. The van der Waals surface area contributed by atoms with E-state index in [1.54, 1.807) is 0 Å². The van der Waals surface area contributed by atoms with E-state index in [-0.39, 0.29) is 25.3 Å². The summed E-state index contributed by atoms with van der Waals surface area (Å²) in [5, 5.41) is 17.2. The summed E-state index contributed by atoms with van der Waals surface area (Å²) in [6.45, 7) is 0.474. The van der Waals surface area contributed by atoms with Gasteiger partial charge in [-0.2, -0.15) is 0 Å². The summed E-state index contributed by atoms with van der Waals surface area (Å²) < 4.78 is 68.8. The van der Waals surface area contributed by atoms with Crippen molar-refractivity contribution in [3.8, 4) is 0 Å². The van der Waals surface area contributed by atoms with Crippen LogP contribution in [-0.4, -0.2) is 59.6 Å². The summed E-state index contributed by atoms with van der Waals surface area (Å²) in [6, 6.07) is 1.49. The number of thioether (sulfide) groups is 1. The Hall–Kier alpha value is -2.22. The molecule has 13 heteroatoms. The number of aromatic nitrogens is 2. The molecule has 0 aromatic carbocycles. The number of hydrogen-bond acceptors (Lipinski definition) is 7. The van der Waals surface area contributed by atoms with E-state index in [2.05, 4.69) is 15.0 Å². The van der Waals surface area contributed by atoms with Crippen molar-refractivity contribution in [1.29, 1.82) is 10.8 Å². The molecule has 0 amide bonds. The van der Waals surface area contributed by atoms with E-state index in [9.17, 15) is 21.6 Å². The first kappa shape index (κ1) is 23.0. The van der Waals surface area contributed by atoms with Crippen molar-refractivity contribution in [1.82, 2.24) is 19.4 Å². The Morgan fingerprint density at radius 3 is 2.75 bits per heavy atom. The fourth-order valence-electron chi connectivity index (χ4n) is 3.47. The van der Waals surface area contributed by atoms with Crippen LogP contribution < -0.4 is 10.0 Å². The summed E-state index contributed by atoms with van der Waals surface area (Å²) >= 11 is 0.253. The van der Waals surface area contributed by atoms with Gasteiger partial charge in [-0.05, 0) is 49.2 Å². The van der Waals surface area contributed by atoms with Gasteiger partial charge in [-0.25, -0.2) is 31.3 Å². The molecule has 0 radical (unpaired) electrons. The molecule has 1 saturated carbocycles. The molecule has 1 aliphatic heterocycles. The summed E-state index contributed by atoms with van der Waals surface area (Å²) in [6.07, 6.45) is 3.03. The molecule has 0 unspecified atom stereocenters. The molecule has 2 aromatic heterocycles. The van der Waals surface area contributed by atoms with Crippen LogP contribution in [0.2, 0.25) is 0 Å². The topological polar surface area (TPSA) is 123 Å². The van der Waals surface area contributed by atoms with Crippen LogP contribution in [-0.2, 0) is 10.0 Å². The van der Waals surface area contributed by atoms with Crippen LogP contribution in [0.15, 0.2) is 29.4 Å². The van der Waals surface area contributed by atoms with Gasteiger partial charge in [0.15, 0.2) is 5.82 Å². The Balaban J connectivity index is 0.00000204. The van der Waals surface area contributed by atoms with Crippen LogP contribution in [0.1, 0.15) is 33.5 Å². The molecule has 176 valence electrons. The molecule has 0 bridgehead atoms. The molecule has 2 aromatic rings. The van der Waals surface area contributed by atoms with Gasteiger partial charge in [-0.3, -0.25) is 15.2 Å². The first-order valence-electron chi connectivity index (χ1n) is 9.80. The van der Waals surface area contributed by atoms with Gasteiger partial charge in [0.25, 0.3) is 6.43 Å². The minimum Gasteiger partial charge on any atom is -0.313 e. The number of imidazole rings is 1. The van der Waals surface area contributed by atoms with Gasteiger partial charge in [0.1, 0.15) is 16.8 Å². The lowest BCUT2D eigenvalue weighted by atomic mass is 10.0. The number of hydrogen-bond donors (Lipinski definition) is 4. The second-order valence-electron chi connectivity index (χ2n) is 7.73. The van der Waals surface area contributed by atoms with Crippen molar-refractivity contribution in [3.05, 3.63) is 35.9 Å². The number of fused-ring (bicyclic) bond motifs is 1. The predicted octanol–water partition coefficient (Wildman–Crippen LogP) is 3.28. The molecule has 0 saturated heterocycles. The van der Waals surface area contributed by atoms with E-state index in [1.165, 1.54) is 22.9 Å². The molecule has 4 rings (SSSR count). The maximum Gasteiger partial charge on any atom is 0.285 e. The normalized spacial score (nSPS) is 18.1. The molecule has 0 atom stereocenters. The maximum absolute atomic E-state index is 13.3. The molecule has 8 nitrogen and oxygen atoms in total. The zero-order chi connectivity index (χ0) is 23.1. The number of sulfonamides is 1.